The highest BCUT2D eigenvalue weighted by Gasteiger charge is 2.56. The van der Waals surface area contributed by atoms with Crippen LogP contribution in [0, 0.1) is 5.92 Å². The molecule has 8 heteroatoms. The molecule has 1 heterocycles. The second-order valence-corrected chi connectivity index (χ2v) is 11.4. The number of likely N-dealkylation sites (N-methyl/N-ethyl adjacent to an activating group) is 1. The van der Waals surface area contributed by atoms with Crippen molar-refractivity contribution in [3.8, 4) is 0 Å². The molecule has 0 spiro atoms. The lowest BCUT2D eigenvalue weighted by atomic mass is 9.77. The Hall–Kier alpha value is -3.23. The van der Waals surface area contributed by atoms with Crippen molar-refractivity contribution in [1.82, 2.24) is 4.90 Å². The van der Waals surface area contributed by atoms with Crippen LogP contribution in [-0.4, -0.2) is 81.8 Å². The molecule has 1 aliphatic carbocycles. The fourth-order valence-corrected chi connectivity index (χ4v) is 6.41. The molecule has 2 aliphatic rings. The van der Waals surface area contributed by atoms with Crippen LogP contribution in [0.4, 0.5) is 0 Å². The SMILES string of the molecule is C[N+](C)(CCc1ccc(C(=O)O)cc1)C1(C(=O)O)CCN(C(=O)[C@](O)(c2ccccc2)C2CCCC2)CC1. The van der Waals surface area contributed by atoms with Gasteiger partial charge in [0.25, 0.3) is 5.91 Å². The maximum atomic E-state index is 13.9. The van der Waals surface area contributed by atoms with E-state index in [-0.39, 0.29) is 47.8 Å². The number of carbonyl (C=O) groups excluding carboxylic acids is 1. The first-order valence-electron chi connectivity index (χ1n) is 13.5. The summed E-state index contributed by atoms with van der Waals surface area (Å²) in [5, 5.41) is 31.5. The Kier molecular flexibility index (Phi) is 7.95. The topological polar surface area (TPSA) is 115 Å². The normalized spacial score (nSPS) is 19.6. The summed E-state index contributed by atoms with van der Waals surface area (Å²) in [6.07, 6.45) is 4.73. The largest absolute Gasteiger partial charge is 0.478 e. The highest BCUT2D eigenvalue weighted by Crippen LogP contribution is 2.43. The first-order chi connectivity index (χ1) is 18.0. The fourth-order valence-electron chi connectivity index (χ4n) is 6.41. The summed E-state index contributed by atoms with van der Waals surface area (Å²) < 4.78 is 0.233. The number of likely N-dealkylation sites (tertiary alicyclic amines) is 1. The van der Waals surface area contributed by atoms with Crippen molar-refractivity contribution in [3.63, 3.8) is 0 Å². The van der Waals surface area contributed by atoms with E-state index in [0.29, 0.717) is 18.5 Å². The van der Waals surface area contributed by atoms with Gasteiger partial charge in [0.05, 0.1) is 26.2 Å². The van der Waals surface area contributed by atoms with Gasteiger partial charge in [-0.1, -0.05) is 55.3 Å². The van der Waals surface area contributed by atoms with Crippen LogP contribution in [0.2, 0.25) is 0 Å². The van der Waals surface area contributed by atoms with E-state index >= 15 is 0 Å². The number of benzene rings is 2. The smallest absolute Gasteiger partial charge is 0.365 e. The average molecular weight is 524 g/mol. The van der Waals surface area contributed by atoms with Crippen LogP contribution in [0.5, 0.6) is 0 Å². The zero-order chi connectivity index (χ0) is 27.6. The van der Waals surface area contributed by atoms with Crippen LogP contribution in [0.1, 0.15) is 60.0 Å². The summed E-state index contributed by atoms with van der Waals surface area (Å²) in [6.45, 7) is 1.08. The quantitative estimate of drug-likeness (QED) is 0.433. The van der Waals surface area contributed by atoms with E-state index in [0.717, 1.165) is 31.2 Å². The third kappa shape index (κ3) is 5.07. The molecule has 1 atom stereocenters. The molecule has 2 aromatic rings. The highest BCUT2D eigenvalue weighted by atomic mass is 16.4. The minimum absolute atomic E-state index is 0.150. The Morgan fingerprint density at radius 1 is 0.947 bits per heavy atom. The standard InChI is InChI=1S/C30H38N2O6/c1-32(2,21-16-22-12-14-23(15-13-22)26(33)34)29(28(36)37)17-19-31(20-18-29)27(35)30(38,25-10-6-7-11-25)24-8-4-3-5-9-24/h3-5,8-9,12-15,25,38H,6-7,10-11,16-21H2,1-2H3,(H-,33,34,36,37)/p+1/t30-/m0/s1. The maximum absolute atomic E-state index is 13.9. The molecule has 0 aromatic heterocycles. The van der Waals surface area contributed by atoms with Crippen LogP contribution < -0.4 is 0 Å². The summed E-state index contributed by atoms with van der Waals surface area (Å²) in [7, 11) is 3.83. The number of rotatable bonds is 9. The molecule has 4 rings (SSSR count). The Morgan fingerprint density at radius 3 is 2.05 bits per heavy atom. The van der Waals surface area contributed by atoms with E-state index in [2.05, 4.69) is 0 Å². The number of piperidine rings is 1. The minimum Gasteiger partial charge on any atom is -0.478 e. The number of aliphatic hydroxyl groups is 1. The van der Waals surface area contributed by atoms with Gasteiger partial charge in [0.2, 0.25) is 0 Å². The fraction of sp³-hybridized carbons (Fsp3) is 0.500. The molecular formula is C30H39N2O6+. The van der Waals surface area contributed by atoms with E-state index in [9.17, 15) is 24.6 Å². The number of hydrogen-bond donors (Lipinski definition) is 3. The van der Waals surface area contributed by atoms with Crippen LogP contribution in [0.3, 0.4) is 0 Å². The van der Waals surface area contributed by atoms with Gasteiger partial charge in [-0.25, -0.2) is 9.59 Å². The number of amides is 1. The molecule has 0 unspecified atom stereocenters. The van der Waals surface area contributed by atoms with Crippen molar-refractivity contribution in [3.05, 3.63) is 71.3 Å². The molecule has 1 amide bonds. The average Bonchev–Trinajstić information content (AvgIpc) is 3.47. The van der Waals surface area contributed by atoms with Crippen molar-refractivity contribution in [1.29, 1.82) is 0 Å². The van der Waals surface area contributed by atoms with E-state index in [1.54, 1.807) is 29.2 Å². The number of carbonyl (C=O) groups is 3. The lowest BCUT2D eigenvalue weighted by Crippen LogP contribution is -2.69. The van der Waals surface area contributed by atoms with Gasteiger partial charge in [0, 0.05) is 38.3 Å². The molecule has 1 saturated carbocycles. The number of aromatic carboxylic acids is 1. The molecule has 0 radical (unpaired) electrons. The molecule has 1 aliphatic heterocycles. The van der Waals surface area contributed by atoms with Crippen LogP contribution >= 0.6 is 0 Å². The van der Waals surface area contributed by atoms with Crippen LogP contribution in [-0.2, 0) is 21.6 Å². The van der Waals surface area contributed by atoms with Gasteiger partial charge in [-0.3, -0.25) is 4.79 Å². The molecule has 38 heavy (non-hydrogen) atoms. The monoisotopic (exact) mass is 523 g/mol. The summed E-state index contributed by atoms with van der Waals surface area (Å²) in [4.78, 5) is 39.4. The molecule has 3 N–H and O–H groups in total. The summed E-state index contributed by atoms with van der Waals surface area (Å²) >= 11 is 0. The van der Waals surface area contributed by atoms with E-state index < -0.39 is 23.1 Å². The second kappa shape index (κ2) is 10.9. The summed E-state index contributed by atoms with van der Waals surface area (Å²) in [6, 6.07) is 15.8. The van der Waals surface area contributed by atoms with Crippen LogP contribution in [0.25, 0.3) is 0 Å². The van der Waals surface area contributed by atoms with Gasteiger partial charge in [0.1, 0.15) is 0 Å². The van der Waals surface area contributed by atoms with Gasteiger partial charge in [0.15, 0.2) is 11.1 Å². The van der Waals surface area contributed by atoms with E-state index in [1.807, 2.05) is 44.4 Å². The Morgan fingerprint density at radius 2 is 1.53 bits per heavy atom. The molecule has 2 aromatic carbocycles. The third-order valence-electron chi connectivity index (χ3n) is 9.08. The second-order valence-electron chi connectivity index (χ2n) is 11.4. The summed E-state index contributed by atoms with van der Waals surface area (Å²) in [5.74, 6) is -2.34. The Labute approximate surface area is 224 Å². The Bertz CT molecular complexity index is 1150. The number of aliphatic carboxylic acids is 1. The molecule has 2 fully saturated rings. The third-order valence-corrected chi connectivity index (χ3v) is 9.08. The lowest BCUT2D eigenvalue weighted by molar-refractivity contribution is -0.933. The first-order valence-corrected chi connectivity index (χ1v) is 13.5. The number of hydrogen-bond acceptors (Lipinski definition) is 4. The van der Waals surface area contributed by atoms with Crippen molar-refractivity contribution < 1.29 is 34.2 Å². The maximum Gasteiger partial charge on any atom is 0.365 e. The van der Waals surface area contributed by atoms with Crippen molar-refractivity contribution in [2.75, 3.05) is 33.7 Å². The molecule has 8 nitrogen and oxygen atoms in total. The van der Waals surface area contributed by atoms with Crippen molar-refractivity contribution in [2.45, 2.75) is 56.1 Å². The van der Waals surface area contributed by atoms with Gasteiger partial charge in [-0.05, 0) is 36.1 Å². The Balaban J connectivity index is 1.50. The van der Waals surface area contributed by atoms with Crippen molar-refractivity contribution in [2.24, 2.45) is 5.92 Å². The van der Waals surface area contributed by atoms with Gasteiger partial charge >= 0.3 is 11.9 Å². The zero-order valence-electron chi connectivity index (χ0n) is 22.3. The number of quaternary nitrogens is 1. The summed E-state index contributed by atoms with van der Waals surface area (Å²) in [5.41, 5.74) is -0.908. The van der Waals surface area contributed by atoms with Crippen molar-refractivity contribution >= 4 is 17.8 Å². The van der Waals surface area contributed by atoms with Gasteiger partial charge < -0.3 is 24.7 Å². The predicted octanol–water partition coefficient (Wildman–Crippen LogP) is 3.53. The number of nitrogens with zero attached hydrogens (tertiary/aromatic N) is 2. The van der Waals surface area contributed by atoms with E-state index in [1.165, 1.54) is 0 Å². The van der Waals surface area contributed by atoms with Crippen LogP contribution in [0.15, 0.2) is 54.6 Å². The number of carboxylic acid groups (broad SMARTS) is 2. The zero-order valence-corrected chi connectivity index (χ0v) is 22.3. The van der Waals surface area contributed by atoms with E-state index in [4.69, 9.17) is 5.11 Å². The molecule has 0 bridgehead atoms. The minimum atomic E-state index is -1.60. The lowest BCUT2D eigenvalue weighted by Gasteiger charge is -2.50. The van der Waals surface area contributed by atoms with Gasteiger partial charge in [-0.15, -0.1) is 0 Å². The predicted molar refractivity (Wildman–Crippen MR) is 143 cm³/mol. The molecule has 1 saturated heterocycles. The highest BCUT2D eigenvalue weighted by molar-refractivity contribution is 5.88. The molecular weight excluding hydrogens is 484 g/mol. The first kappa shape index (κ1) is 27.8. The van der Waals surface area contributed by atoms with Gasteiger partial charge in [-0.2, -0.15) is 0 Å². The molecule has 204 valence electrons. The number of carboxylic acids is 2.